The van der Waals surface area contributed by atoms with Crippen molar-refractivity contribution in [1.82, 2.24) is 5.32 Å². The third-order valence-electron chi connectivity index (χ3n) is 3.64. The summed E-state index contributed by atoms with van der Waals surface area (Å²) in [4.78, 5) is 27.9. The van der Waals surface area contributed by atoms with Crippen molar-refractivity contribution in [3.8, 4) is 11.5 Å². The Hall–Kier alpha value is -3.33. The molecule has 1 aliphatic heterocycles. The van der Waals surface area contributed by atoms with E-state index < -0.39 is 5.91 Å². The van der Waals surface area contributed by atoms with E-state index in [0.29, 0.717) is 39.4 Å². The molecule has 7 nitrogen and oxygen atoms in total. The number of halogens is 1. The standard InChI is InChI=1S/C20H18FN3O4S/c1-2-27-16-9-12(3-8-15(16)28-11-18(22)25)10-17-19(26)24-20(29-17)23-14-6-4-13(21)5-7-14/h3-10H,2,11H2,1H3,(H2,22,25)(H,23,24,26)/b17-10+. The highest BCUT2D eigenvalue weighted by Crippen LogP contribution is 2.32. The van der Waals surface area contributed by atoms with Crippen LogP contribution in [0, 0.1) is 5.82 Å². The third kappa shape index (κ3) is 5.58. The molecule has 2 amide bonds. The lowest BCUT2D eigenvalue weighted by Gasteiger charge is -2.11. The second kappa shape index (κ2) is 9.24. The Morgan fingerprint density at radius 1 is 1.21 bits per heavy atom. The number of nitrogens with zero attached hydrogens (tertiary/aromatic N) is 1. The van der Waals surface area contributed by atoms with E-state index in [4.69, 9.17) is 15.2 Å². The van der Waals surface area contributed by atoms with Crippen molar-refractivity contribution in [2.45, 2.75) is 6.92 Å². The van der Waals surface area contributed by atoms with Gasteiger partial charge in [0.25, 0.3) is 11.8 Å². The van der Waals surface area contributed by atoms with Gasteiger partial charge in [-0.05, 0) is 66.7 Å². The molecule has 0 spiro atoms. The van der Waals surface area contributed by atoms with E-state index in [1.807, 2.05) is 6.92 Å². The largest absolute Gasteiger partial charge is 0.490 e. The van der Waals surface area contributed by atoms with Crippen LogP contribution in [0.25, 0.3) is 6.08 Å². The normalized spacial score (nSPS) is 16.1. The molecule has 1 saturated heterocycles. The van der Waals surface area contributed by atoms with Crippen molar-refractivity contribution in [3.05, 3.63) is 58.8 Å². The highest BCUT2D eigenvalue weighted by molar-refractivity contribution is 8.18. The molecule has 0 aromatic heterocycles. The van der Waals surface area contributed by atoms with Crippen LogP contribution in [0.3, 0.4) is 0 Å². The fraction of sp³-hybridized carbons (Fsp3) is 0.150. The summed E-state index contributed by atoms with van der Waals surface area (Å²) >= 11 is 1.17. The summed E-state index contributed by atoms with van der Waals surface area (Å²) in [5, 5.41) is 3.08. The molecular weight excluding hydrogens is 397 g/mol. The number of primary amides is 1. The van der Waals surface area contributed by atoms with Crippen LogP contribution < -0.4 is 20.5 Å². The number of carbonyl (C=O) groups is 2. The number of nitrogens with one attached hydrogen (secondary N) is 1. The van der Waals surface area contributed by atoms with Crippen molar-refractivity contribution in [2.24, 2.45) is 10.7 Å². The minimum atomic E-state index is -0.592. The van der Waals surface area contributed by atoms with Gasteiger partial charge in [0, 0.05) is 0 Å². The molecule has 0 bridgehead atoms. The Balaban J connectivity index is 1.79. The number of rotatable bonds is 7. The molecule has 1 fully saturated rings. The first-order valence-electron chi connectivity index (χ1n) is 8.67. The maximum atomic E-state index is 13.0. The van der Waals surface area contributed by atoms with Gasteiger partial charge in [-0.15, -0.1) is 0 Å². The van der Waals surface area contributed by atoms with Crippen molar-refractivity contribution in [3.63, 3.8) is 0 Å². The van der Waals surface area contributed by atoms with Crippen LogP contribution in [0.2, 0.25) is 0 Å². The highest BCUT2D eigenvalue weighted by Gasteiger charge is 2.24. The lowest BCUT2D eigenvalue weighted by Crippen LogP contribution is -2.20. The fourth-order valence-electron chi connectivity index (χ4n) is 2.42. The van der Waals surface area contributed by atoms with Crippen LogP contribution >= 0.6 is 11.8 Å². The number of carbonyl (C=O) groups excluding carboxylic acids is 2. The highest BCUT2D eigenvalue weighted by atomic mass is 32.2. The zero-order chi connectivity index (χ0) is 20.8. The number of hydrogen-bond donors (Lipinski definition) is 2. The molecule has 1 aliphatic rings. The summed E-state index contributed by atoms with van der Waals surface area (Å²) in [7, 11) is 0. The third-order valence-corrected chi connectivity index (χ3v) is 4.55. The van der Waals surface area contributed by atoms with E-state index >= 15 is 0 Å². The van der Waals surface area contributed by atoms with Gasteiger partial charge >= 0.3 is 0 Å². The molecule has 9 heteroatoms. The van der Waals surface area contributed by atoms with Crippen LogP contribution in [0.5, 0.6) is 11.5 Å². The van der Waals surface area contributed by atoms with Crippen LogP contribution in [0.15, 0.2) is 52.4 Å². The predicted octanol–water partition coefficient (Wildman–Crippen LogP) is 2.98. The fourth-order valence-corrected chi connectivity index (χ4v) is 3.26. The molecule has 0 saturated carbocycles. The van der Waals surface area contributed by atoms with E-state index in [2.05, 4.69) is 10.3 Å². The van der Waals surface area contributed by atoms with Gasteiger partial charge < -0.3 is 20.5 Å². The molecule has 150 valence electrons. The zero-order valence-corrected chi connectivity index (χ0v) is 16.3. The first kappa shape index (κ1) is 20.4. The van der Waals surface area contributed by atoms with Gasteiger partial charge in [0.1, 0.15) is 5.82 Å². The smallest absolute Gasteiger partial charge is 0.264 e. The maximum absolute atomic E-state index is 13.0. The SMILES string of the molecule is CCOc1cc(/C=C2/SC(=Nc3ccc(F)cc3)NC2=O)ccc1OCC(N)=O. The van der Waals surface area contributed by atoms with Crippen LogP contribution in [0.4, 0.5) is 10.1 Å². The summed E-state index contributed by atoms with van der Waals surface area (Å²) in [5.41, 5.74) is 6.34. The van der Waals surface area contributed by atoms with Gasteiger partial charge in [-0.25, -0.2) is 9.38 Å². The molecule has 3 rings (SSSR count). The van der Waals surface area contributed by atoms with Crippen molar-refractivity contribution in [1.29, 1.82) is 0 Å². The average molecular weight is 415 g/mol. The molecule has 0 atom stereocenters. The minimum absolute atomic E-state index is 0.262. The van der Waals surface area contributed by atoms with Crippen LogP contribution in [-0.4, -0.2) is 30.2 Å². The van der Waals surface area contributed by atoms with Gasteiger partial charge in [-0.1, -0.05) is 6.07 Å². The second-order valence-corrected chi connectivity index (χ2v) is 6.88. The van der Waals surface area contributed by atoms with Gasteiger partial charge in [0.2, 0.25) is 0 Å². The van der Waals surface area contributed by atoms with E-state index in [1.165, 1.54) is 36.0 Å². The minimum Gasteiger partial charge on any atom is -0.490 e. The summed E-state index contributed by atoms with van der Waals surface area (Å²) in [5.74, 6) is -0.416. The predicted molar refractivity (Wildman–Crippen MR) is 110 cm³/mol. The van der Waals surface area contributed by atoms with E-state index in [-0.39, 0.29) is 18.3 Å². The number of amides is 2. The molecule has 0 radical (unpaired) electrons. The Kier molecular flexibility index (Phi) is 6.50. The molecule has 2 aromatic rings. The summed E-state index contributed by atoms with van der Waals surface area (Å²) in [6, 6.07) is 10.7. The molecule has 0 unspecified atom stereocenters. The van der Waals surface area contributed by atoms with E-state index in [1.54, 1.807) is 24.3 Å². The quantitative estimate of drug-likeness (QED) is 0.677. The first-order chi connectivity index (χ1) is 13.9. The Morgan fingerprint density at radius 3 is 2.66 bits per heavy atom. The number of hydrogen-bond acceptors (Lipinski definition) is 6. The van der Waals surface area contributed by atoms with E-state index in [9.17, 15) is 14.0 Å². The van der Waals surface area contributed by atoms with Crippen molar-refractivity contribution in [2.75, 3.05) is 13.2 Å². The Bertz CT molecular complexity index is 990. The maximum Gasteiger partial charge on any atom is 0.264 e. The molecule has 0 aliphatic carbocycles. The monoisotopic (exact) mass is 415 g/mol. The van der Waals surface area contributed by atoms with E-state index in [0.717, 1.165) is 0 Å². The van der Waals surface area contributed by atoms with Gasteiger partial charge in [0.05, 0.1) is 17.2 Å². The van der Waals surface area contributed by atoms with Gasteiger partial charge in [-0.2, -0.15) is 0 Å². The molecule has 2 aromatic carbocycles. The number of amidine groups is 1. The topological polar surface area (TPSA) is 103 Å². The number of ether oxygens (including phenoxy) is 2. The van der Waals surface area contributed by atoms with Crippen molar-refractivity contribution >= 4 is 40.5 Å². The zero-order valence-electron chi connectivity index (χ0n) is 15.5. The Morgan fingerprint density at radius 2 is 1.97 bits per heavy atom. The number of aliphatic imine (C=N–C) groups is 1. The lowest BCUT2D eigenvalue weighted by atomic mass is 10.2. The number of thioether (sulfide) groups is 1. The van der Waals surface area contributed by atoms with Crippen molar-refractivity contribution < 1.29 is 23.5 Å². The molecule has 29 heavy (non-hydrogen) atoms. The summed E-state index contributed by atoms with van der Waals surface area (Å²) in [6.07, 6.45) is 1.69. The number of benzene rings is 2. The summed E-state index contributed by atoms with van der Waals surface area (Å²) < 4.78 is 23.9. The van der Waals surface area contributed by atoms with Crippen LogP contribution in [-0.2, 0) is 9.59 Å². The Labute approximate surface area is 170 Å². The van der Waals surface area contributed by atoms with Gasteiger partial charge in [0.15, 0.2) is 23.3 Å². The molecular formula is C20H18FN3O4S. The molecule has 3 N–H and O–H groups in total. The second-order valence-electron chi connectivity index (χ2n) is 5.85. The number of nitrogens with two attached hydrogens (primary N) is 1. The average Bonchev–Trinajstić information content (AvgIpc) is 3.02. The first-order valence-corrected chi connectivity index (χ1v) is 9.49. The van der Waals surface area contributed by atoms with Crippen LogP contribution in [0.1, 0.15) is 12.5 Å². The lowest BCUT2D eigenvalue weighted by molar-refractivity contribution is -0.120. The molecule has 1 heterocycles. The summed E-state index contributed by atoms with van der Waals surface area (Å²) in [6.45, 7) is 1.96. The van der Waals surface area contributed by atoms with Gasteiger partial charge in [-0.3, -0.25) is 9.59 Å².